The fourth-order valence-corrected chi connectivity index (χ4v) is 7.78. The molecule has 0 aliphatic heterocycles. The first-order valence-corrected chi connectivity index (χ1v) is 18.0. The van der Waals surface area contributed by atoms with E-state index in [1.165, 1.54) is 17.0 Å². The van der Waals surface area contributed by atoms with E-state index in [0.717, 1.165) is 46.7 Å². The minimum absolute atomic E-state index is 0.00704. The number of rotatable bonds is 12. The van der Waals surface area contributed by atoms with E-state index in [9.17, 15) is 18.0 Å². The second kappa shape index (κ2) is 15.4. The molecule has 0 heterocycles. The monoisotopic (exact) mass is 691 g/mol. The lowest BCUT2D eigenvalue weighted by Crippen LogP contribution is -2.54. The molecule has 1 aliphatic rings. The Morgan fingerprint density at radius 2 is 1.38 bits per heavy atom. The number of halogens is 2. The summed E-state index contributed by atoms with van der Waals surface area (Å²) in [6.07, 6.45) is 3.99. The Bertz CT molecular complexity index is 1770. The first kappa shape index (κ1) is 34.5. The van der Waals surface area contributed by atoms with Crippen molar-refractivity contribution in [3.05, 3.63) is 129 Å². The highest BCUT2D eigenvalue weighted by molar-refractivity contribution is 7.92. The lowest BCUT2D eigenvalue weighted by atomic mass is 10.0. The van der Waals surface area contributed by atoms with Crippen LogP contribution in [-0.2, 0) is 32.6 Å². The van der Waals surface area contributed by atoms with Crippen LogP contribution < -0.4 is 9.62 Å². The molecule has 0 saturated heterocycles. The van der Waals surface area contributed by atoms with Gasteiger partial charge in [0.2, 0.25) is 11.8 Å². The van der Waals surface area contributed by atoms with Crippen molar-refractivity contribution in [3.8, 4) is 0 Å². The Labute approximate surface area is 287 Å². The summed E-state index contributed by atoms with van der Waals surface area (Å²) in [4.78, 5) is 30.3. The molecule has 1 saturated carbocycles. The van der Waals surface area contributed by atoms with Crippen LogP contribution in [0.1, 0.15) is 47.9 Å². The van der Waals surface area contributed by atoms with Gasteiger partial charge in [-0.05, 0) is 68.7 Å². The standard InChI is InChI=1S/C37H39Cl2N3O4S/c1-26-15-19-30(20-16-26)42(47(45,46)31-21-17-27(2)18-22-31)25-36(43)41(24-32-33(38)13-8-14-34(32)39)35(23-28-9-4-3-5-10-28)37(44)40-29-11-6-7-12-29/h3-5,8-10,13-22,29,35H,6-7,11-12,23-25H2,1-2H3,(H,40,44)/t35-/m0/s1. The first-order valence-electron chi connectivity index (χ1n) is 15.8. The predicted octanol–water partition coefficient (Wildman–Crippen LogP) is 7.50. The van der Waals surface area contributed by atoms with Crippen LogP contribution in [0.2, 0.25) is 10.0 Å². The van der Waals surface area contributed by atoms with E-state index in [-0.39, 0.29) is 29.8 Å². The molecular weight excluding hydrogens is 653 g/mol. The van der Waals surface area contributed by atoms with Crippen molar-refractivity contribution < 1.29 is 18.0 Å². The highest BCUT2D eigenvalue weighted by Crippen LogP contribution is 2.29. The van der Waals surface area contributed by atoms with Gasteiger partial charge in [-0.3, -0.25) is 13.9 Å². The number of aryl methyl sites for hydroxylation is 2. The summed E-state index contributed by atoms with van der Waals surface area (Å²) in [5, 5.41) is 3.85. The zero-order valence-electron chi connectivity index (χ0n) is 26.5. The van der Waals surface area contributed by atoms with E-state index in [0.29, 0.717) is 21.3 Å². The maximum Gasteiger partial charge on any atom is 0.264 e. The lowest BCUT2D eigenvalue weighted by molar-refractivity contribution is -0.140. The van der Waals surface area contributed by atoms with E-state index >= 15 is 0 Å². The van der Waals surface area contributed by atoms with Crippen molar-refractivity contribution >= 4 is 50.7 Å². The second-order valence-corrected chi connectivity index (χ2v) is 14.8. The first-order chi connectivity index (χ1) is 22.5. The summed E-state index contributed by atoms with van der Waals surface area (Å²) < 4.78 is 29.5. The highest BCUT2D eigenvalue weighted by Gasteiger charge is 2.36. The molecule has 2 amide bonds. The Morgan fingerprint density at radius 1 is 0.809 bits per heavy atom. The summed E-state index contributed by atoms with van der Waals surface area (Å²) in [5.41, 5.74) is 3.50. The Balaban J connectivity index is 1.59. The van der Waals surface area contributed by atoms with Crippen LogP contribution in [-0.4, -0.2) is 43.8 Å². The lowest BCUT2D eigenvalue weighted by Gasteiger charge is -2.34. The van der Waals surface area contributed by atoms with Gasteiger partial charge in [0.25, 0.3) is 10.0 Å². The number of benzene rings is 4. The number of nitrogens with one attached hydrogen (secondary N) is 1. The summed E-state index contributed by atoms with van der Waals surface area (Å²) in [6, 6.07) is 27.0. The number of nitrogens with zero attached hydrogens (tertiary/aromatic N) is 2. The molecule has 10 heteroatoms. The summed E-state index contributed by atoms with van der Waals surface area (Å²) in [5.74, 6) is -0.875. The molecule has 0 bridgehead atoms. The van der Waals surface area contributed by atoms with Gasteiger partial charge in [0.1, 0.15) is 12.6 Å². The number of carbonyl (C=O) groups is 2. The fraction of sp³-hybridized carbons (Fsp3) is 0.297. The van der Waals surface area contributed by atoms with Gasteiger partial charge in [-0.2, -0.15) is 0 Å². The van der Waals surface area contributed by atoms with Gasteiger partial charge in [0.15, 0.2) is 0 Å². The number of anilines is 1. The topological polar surface area (TPSA) is 86.8 Å². The zero-order valence-corrected chi connectivity index (χ0v) is 28.9. The Hall–Kier alpha value is -3.85. The van der Waals surface area contributed by atoms with E-state index in [4.69, 9.17) is 23.2 Å². The third-order valence-corrected chi connectivity index (χ3v) is 11.1. The van der Waals surface area contributed by atoms with Gasteiger partial charge < -0.3 is 10.2 Å². The molecule has 5 rings (SSSR count). The molecule has 47 heavy (non-hydrogen) atoms. The number of carbonyl (C=O) groups excluding carboxylic acids is 2. The quantitative estimate of drug-likeness (QED) is 0.167. The van der Waals surface area contributed by atoms with E-state index in [1.54, 1.807) is 54.6 Å². The normalized spacial score (nSPS) is 14.0. The van der Waals surface area contributed by atoms with Crippen LogP contribution >= 0.6 is 23.2 Å². The van der Waals surface area contributed by atoms with Gasteiger partial charge >= 0.3 is 0 Å². The smallest absolute Gasteiger partial charge is 0.264 e. The molecule has 1 N–H and O–H groups in total. The minimum atomic E-state index is -4.19. The van der Waals surface area contributed by atoms with E-state index in [2.05, 4.69) is 5.32 Å². The van der Waals surface area contributed by atoms with E-state index in [1.807, 2.05) is 44.2 Å². The predicted molar refractivity (Wildman–Crippen MR) is 188 cm³/mol. The fourth-order valence-electron chi connectivity index (χ4n) is 5.85. The largest absolute Gasteiger partial charge is 0.352 e. The maximum absolute atomic E-state index is 14.7. The Morgan fingerprint density at radius 3 is 1.98 bits per heavy atom. The van der Waals surface area contributed by atoms with Gasteiger partial charge in [-0.15, -0.1) is 0 Å². The maximum atomic E-state index is 14.7. The molecule has 0 radical (unpaired) electrons. The van der Waals surface area contributed by atoms with Crippen LogP contribution in [0.5, 0.6) is 0 Å². The van der Waals surface area contributed by atoms with Crippen molar-refractivity contribution in [2.75, 3.05) is 10.8 Å². The van der Waals surface area contributed by atoms with Gasteiger partial charge in [-0.25, -0.2) is 8.42 Å². The van der Waals surface area contributed by atoms with Crippen molar-refractivity contribution in [2.24, 2.45) is 0 Å². The van der Waals surface area contributed by atoms with Crippen LogP contribution in [0.3, 0.4) is 0 Å². The molecule has 4 aromatic carbocycles. The molecular formula is C37H39Cl2N3O4S. The minimum Gasteiger partial charge on any atom is -0.352 e. The molecule has 1 fully saturated rings. The molecule has 1 atom stereocenters. The highest BCUT2D eigenvalue weighted by atomic mass is 35.5. The van der Waals surface area contributed by atoms with Crippen molar-refractivity contribution in [2.45, 2.75) is 69.5 Å². The van der Waals surface area contributed by atoms with Crippen LogP contribution in [0.15, 0.2) is 102 Å². The third-order valence-electron chi connectivity index (χ3n) is 8.57. The molecule has 0 aromatic heterocycles. The average Bonchev–Trinajstić information content (AvgIpc) is 3.57. The number of hydrogen-bond acceptors (Lipinski definition) is 4. The number of hydrogen-bond donors (Lipinski definition) is 1. The van der Waals surface area contributed by atoms with Gasteiger partial charge in [0, 0.05) is 34.6 Å². The molecule has 0 spiro atoms. The van der Waals surface area contributed by atoms with Crippen LogP contribution in [0, 0.1) is 13.8 Å². The molecule has 4 aromatic rings. The summed E-state index contributed by atoms with van der Waals surface area (Å²) >= 11 is 13.2. The summed E-state index contributed by atoms with van der Waals surface area (Å²) in [7, 11) is -4.19. The van der Waals surface area contributed by atoms with Crippen molar-refractivity contribution in [1.29, 1.82) is 0 Å². The number of sulfonamides is 1. The Kier molecular flexibility index (Phi) is 11.3. The van der Waals surface area contributed by atoms with Gasteiger partial charge in [-0.1, -0.05) is 108 Å². The van der Waals surface area contributed by atoms with Crippen molar-refractivity contribution in [1.82, 2.24) is 10.2 Å². The molecule has 7 nitrogen and oxygen atoms in total. The second-order valence-electron chi connectivity index (χ2n) is 12.1. The van der Waals surface area contributed by atoms with Crippen molar-refractivity contribution in [3.63, 3.8) is 0 Å². The average molecular weight is 693 g/mol. The van der Waals surface area contributed by atoms with Gasteiger partial charge in [0.05, 0.1) is 10.6 Å². The number of amides is 2. The zero-order chi connectivity index (χ0) is 33.6. The summed E-state index contributed by atoms with van der Waals surface area (Å²) in [6.45, 7) is 3.13. The molecule has 0 unspecified atom stereocenters. The third kappa shape index (κ3) is 8.55. The molecule has 1 aliphatic carbocycles. The van der Waals surface area contributed by atoms with E-state index < -0.39 is 28.5 Å². The van der Waals surface area contributed by atoms with Crippen LogP contribution in [0.25, 0.3) is 0 Å². The SMILES string of the molecule is Cc1ccc(N(CC(=O)N(Cc2c(Cl)cccc2Cl)[C@@H](Cc2ccccc2)C(=O)NC2CCCC2)S(=O)(=O)c2ccc(C)cc2)cc1. The van der Waals surface area contributed by atoms with Crippen LogP contribution in [0.4, 0.5) is 5.69 Å². The molecule has 246 valence electrons.